The molecule has 0 aromatic heterocycles. The van der Waals surface area contributed by atoms with E-state index in [1.165, 1.54) is 30.3 Å². The number of nitro groups is 1. The summed E-state index contributed by atoms with van der Waals surface area (Å²) < 4.78 is 19.7. The number of nitrogens with one attached hydrogen (secondary N) is 2. The molecule has 11 nitrogen and oxygen atoms in total. The van der Waals surface area contributed by atoms with Crippen molar-refractivity contribution >= 4 is 40.3 Å². The van der Waals surface area contributed by atoms with Gasteiger partial charge < -0.3 is 30.1 Å². The third kappa shape index (κ3) is 6.79. The van der Waals surface area contributed by atoms with Crippen LogP contribution in [0.4, 0.5) is 32.8 Å². The molecule has 2 amide bonds. The molecule has 2 aliphatic rings. The van der Waals surface area contributed by atoms with Crippen LogP contribution in [0.5, 0.6) is 0 Å². The summed E-state index contributed by atoms with van der Waals surface area (Å²) in [5.41, 5.74) is 1.80. The second-order valence-electron chi connectivity index (χ2n) is 10.0. The van der Waals surface area contributed by atoms with Crippen molar-refractivity contribution in [2.45, 2.75) is 0 Å². The summed E-state index contributed by atoms with van der Waals surface area (Å²) in [6.07, 6.45) is 0. The topological polar surface area (TPSA) is 120 Å². The lowest BCUT2D eigenvalue weighted by atomic mass is 10.1. The Balaban J connectivity index is 1.31. The highest BCUT2D eigenvalue weighted by Gasteiger charge is 2.24. The predicted octanol–water partition coefficient (Wildman–Crippen LogP) is 3.83. The van der Waals surface area contributed by atoms with Crippen LogP contribution < -0.4 is 20.4 Å². The molecule has 41 heavy (non-hydrogen) atoms. The molecular weight excluding hydrogens is 531 g/mol. The average Bonchev–Trinajstić information content (AvgIpc) is 2.97. The normalized spacial score (nSPS) is 15.9. The Bertz CT molecular complexity index is 1450. The van der Waals surface area contributed by atoms with Gasteiger partial charge >= 0.3 is 0 Å². The van der Waals surface area contributed by atoms with E-state index in [-0.39, 0.29) is 22.5 Å². The number of hydrogen-bond acceptors (Lipinski definition) is 8. The Kier molecular flexibility index (Phi) is 8.41. The monoisotopic (exact) mass is 562 g/mol. The van der Waals surface area contributed by atoms with E-state index in [1.807, 2.05) is 11.9 Å². The maximum atomic E-state index is 14.3. The Labute approximate surface area is 236 Å². The Morgan fingerprint density at radius 3 is 2.27 bits per heavy atom. The number of carbonyl (C=O) groups is 2. The second kappa shape index (κ2) is 12.3. The number of rotatable bonds is 7. The summed E-state index contributed by atoms with van der Waals surface area (Å²) in [5.74, 6) is -1.64. The molecule has 0 spiro atoms. The number of nitrogens with zero attached hydrogens (tertiary/aromatic N) is 4. The fraction of sp³-hybridized carbons (Fsp3) is 0.310. The first kappa shape index (κ1) is 28.0. The molecule has 5 rings (SSSR count). The third-order valence-electron chi connectivity index (χ3n) is 7.19. The average molecular weight is 563 g/mol. The SMILES string of the molecule is CN1CCN(c2ccc([N+](=O)[O-])c(C(=O)Nc3cccc(C(=O)Nc4cc(F)cc(N5CCOCC5)c4)c3)c2)CC1. The number of halogens is 1. The highest BCUT2D eigenvalue weighted by atomic mass is 19.1. The van der Waals surface area contributed by atoms with Crippen LogP contribution in [0.1, 0.15) is 20.7 Å². The highest BCUT2D eigenvalue weighted by Crippen LogP contribution is 2.28. The van der Waals surface area contributed by atoms with Gasteiger partial charge in [-0.2, -0.15) is 0 Å². The molecule has 2 saturated heterocycles. The zero-order valence-electron chi connectivity index (χ0n) is 22.6. The summed E-state index contributed by atoms with van der Waals surface area (Å²) in [7, 11) is 2.03. The van der Waals surface area contributed by atoms with Gasteiger partial charge in [-0.15, -0.1) is 0 Å². The minimum Gasteiger partial charge on any atom is -0.378 e. The quantitative estimate of drug-likeness (QED) is 0.329. The molecule has 0 radical (unpaired) electrons. The molecule has 3 aromatic rings. The lowest BCUT2D eigenvalue weighted by Crippen LogP contribution is -2.44. The number of nitro benzene ring substituents is 1. The molecule has 3 aromatic carbocycles. The van der Waals surface area contributed by atoms with Crippen LogP contribution >= 0.6 is 0 Å². The number of benzene rings is 3. The number of amides is 2. The van der Waals surface area contributed by atoms with Crippen LogP contribution in [-0.4, -0.2) is 81.2 Å². The van der Waals surface area contributed by atoms with E-state index < -0.39 is 22.6 Å². The van der Waals surface area contributed by atoms with Gasteiger partial charge in [0.25, 0.3) is 17.5 Å². The third-order valence-corrected chi connectivity index (χ3v) is 7.19. The Hall–Kier alpha value is -4.55. The van der Waals surface area contributed by atoms with Crippen molar-refractivity contribution in [2.75, 3.05) is 80.0 Å². The van der Waals surface area contributed by atoms with Crippen molar-refractivity contribution in [3.63, 3.8) is 0 Å². The van der Waals surface area contributed by atoms with Gasteiger partial charge in [0.2, 0.25) is 0 Å². The lowest BCUT2D eigenvalue weighted by Gasteiger charge is -2.34. The maximum absolute atomic E-state index is 14.3. The maximum Gasteiger partial charge on any atom is 0.282 e. The zero-order valence-corrected chi connectivity index (χ0v) is 22.6. The predicted molar refractivity (Wildman–Crippen MR) is 155 cm³/mol. The van der Waals surface area contributed by atoms with Crippen molar-refractivity contribution in [3.05, 3.63) is 87.7 Å². The number of likely N-dealkylation sites (N-methyl/N-ethyl adjacent to an activating group) is 1. The number of carbonyl (C=O) groups excluding carboxylic acids is 2. The van der Waals surface area contributed by atoms with Gasteiger partial charge in [-0.25, -0.2) is 4.39 Å². The van der Waals surface area contributed by atoms with Crippen LogP contribution in [0, 0.1) is 15.9 Å². The van der Waals surface area contributed by atoms with Crippen molar-refractivity contribution < 1.29 is 23.6 Å². The summed E-state index contributed by atoms with van der Waals surface area (Å²) in [5, 5.41) is 17.1. The van der Waals surface area contributed by atoms with Crippen LogP contribution in [0.3, 0.4) is 0 Å². The molecule has 2 aliphatic heterocycles. The molecule has 0 unspecified atom stereocenters. The Morgan fingerprint density at radius 2 is 1.54 bits per heavy atom. The summed E-state index contributed by atoms with van der Waals surface area (Å²) >= 11 is 0. The van der Waals surface area contributed by atoms with E-state index in [1.54, 1.807) is 30.3 Å². The smallest absolute Gasteiger partial charge is 0.282 e. The molecule has 2 N–H and O–H groups in total. The van der Waals surface area contributed by atoms with E-state index in [0.29, 0.717) is 37.7 Å². The van der Waals surface area contributed by atoms with Crippen LogP contribution in [0.15, 0.2) is 60.7 Å². The number of anilines is 4. The van der Waals surface area contributed by atoms with E-state index in [9.17, 15) is 24.1 Å². The van der Waals surface area contributed by atoms with Crippen LogP contribution in [-0.2, 0) is 4.74 Å². The van der Waals surface area contributed by atoms with Crippen LogP contribution in [0.2, 0.25) is 0 Å². The molecule has 2 heterocycles. The van der Waals surface area contributed by atoms with Gasteiger partial charge in [-0.3, -0.25) is 19.7 Å². The lowest BCUT2D eigenvalue weighted by molar-refractivity contribution is -0.385. The van der Waals surface area contributed by atoms with Gasteiger partial charge in [-0.1, -0.05) is 6.07 Å². The molecule has 12 heteroatoms. The fourth-order valence-electron chi connectivity index (χ4n) is 4.92. The van der Waals surface area contributed by atoms with Gasteiger partial charge in [0, 0.05) is 73.6 Å². The number of ether oxygens (including phenoxy) is 1. The van der Waals surface area contributed by atoms with Crippen molar-refractivity contribution in [1.82, 2.24) is 4.90 Å². The first-order chi connectivity index (χ1) is 19.8. The van der Waals surface area contributed by atoms with Crippen molar-refractivity contribution in [3.8, 4) is 0 Å². The van der Waals surface area contributed by atoms with Gasteiger partial charge in [0.1, 0.15) is 11.4 Å². The fourth-order valence-corrected chi connectivity index (χ4v) is 4.92. The van der Waals surface area contributed by atoms with Gasteiger partial charge in [-0.05, 0) is 55.6 Å². The molecule has 0 bridgehead atoms. The van der Waals surface area contributed by atoms with E-state index >= 15 is 0 Å². The van der Waals surface area contributed by atoms with Crippen LogP contribution in [0.25, 0.3) is 0 Å². The largest absolute Gasteiger partial charge is 0.378 e. The van der Waals surface area contributed by atoms with E-state index in [2.05, 4.69) is 20.4 Å². The van der Waals surface area contributed by atoms with Crippen molar-refractivity contribution in [1.29, 1.82) is 0 Å². The minimum absolute atomic E-state index is 0.0725. The molecular formula is C29H31FN6O5. The summed E-state index contributed by atoms with van der Waals surface area (Å²) in [4.78, 5) is 43.6. The minimum atomic E-state index is -0.662. The molecule has 214 valence electrons. The standard InChI is InChI=1S/C29H31FN6O5/c1-33-7-9-34(10-8-33)24-5-6-27(36(39)40)26(19-24)29(38)31-22-4-2-3-20(15-22)28(37)32-23-16-21(30)17-25(18-23)35-11-13-41-14-12-35/h2-6,15-19H,7-14H2,1H3,(H,31,38)(H,32,37). The summed E-state index contributed by atoms with van der Waals surface area (Å²) in [6, 6.07) is 15.1. The highest BCUT2D eigenvalue weighted by molar-refractivity contribution is 6.09. The molecule has 0 saturated carbocycles. The molecule has 0 atom stereocenters. The first-order valence-corrected chi connectivity index (χ1v) is 13.3. The first-order valence-electron chi connectivity index (χ1n) is 13.3. The van der Waals surface area contributed by atoms with E-state index in [0.717, 1.165) is 31.9 Å². The summed E-state index contributed by atoms with van der Waals surface area (Å²) in [6.45, 7) is 5.50. The van der Waals surface area contributed by atoms with Crippen molar-refractivity contribution in [2.24, 2.45) is 0 Å². The van der Waals surface area contributed by atoms with Gasteiger partial charge in [0.15, 0.2) is 0 Å². The van der Waals surface area contributed by atoms with Gasteiger partial charge in [0.05, 0.1) is 18.1 Å². The number of piperazine rings is 1. The molecule has 0 aliphatic carbocycles. The Morgan fingerprint density at radius 1 is 0.829 bits per heavy atom. The molecule has 2 fully saturated rings. The number of morpholine rings is 1. The van der Waals surface area contributed by atoms with E-state index in [4.69, 9.17) is 4.74 Å². The second-order valence-corrected chi connectivity index (χ2v) is 10.0. The zero-order chi connectivity index (χ0) is 28.9. The number of hydrogen-bond donors (Lipinski definition) is 2.